The number of benzene rings is 1. The first-order valence-corrected chi connectivity index (χ1v) is 11.3. The topological polar surface area (TPSA) is 91.6 Å². The van der Waals surface area contributed by atoms with E-state index in [2.05, 4.69) is 20.0 Å². The molecule has 2 fully saturated rings. The summed E-state index contributed by atoms with van der Waals surface area (Å²) in [5, 5.41) is 6.22. The van der Waals surface area contributed by atoms with Crippen LogP contribution in [0.3, 0.4) is 0 Å². The SMILES string of the molecule is O=C(N[C@@H]1CCCC[C@H]1N1Cc2ccc(-c3noc(C(F)(F)F)n3)cc2C1=O)N1CCC(F)(F)C1. The number of likely N-dealkylation sites (tertiary alicyclic amines) is 1. The molecule has 13 heteroatoms. The molecule has 0 radical (unpaired) electrons. The highest BCUT2D eigenvalue weighted by atomic mass is 19.4. The number of rotatable bonds is 3. The van der Waals surface area contributed by atoms with E-state index < -0.39 is 36.6 Å². The molecule has 2 aliphatic heterocycles. The van der Waals surface area contributed by atoms with E-state index in [4.69, 9.17) is 0 Å². The Balaban J connectivity index is 1.32. The van der Waals surface area contributed by atoms with Crippen molar-refractivity contribution in [1.29, 1.82) is 0 Å². The number of aromatic nitrogens is 2. The Labute approximate surface area is 196 Å². The first kappa shape index (κ1) is 23.5. The number of nitrogens with zero attached hydrogens (tertiary/aromatic N) is 4. The molecule has 2 atom stereocenters. The highest BCUT2D eigenvalue weighted by Crippen LogP contribution is 2.35. The van der Waals surface area contributed by atoms with Crippen LogP contribution < -0.4 is 5.32 Å². The van der Waals surface area contributed by atoms with E-state index >= 15 is 0 Å². The van der Waals surface area contributed by atoms with E-state index in [1.807, 2.05) is 0 Å². The molecule has 0 spiro atoms. The van der Waals surface area contributed by atoms with Crippen molar-refractivity contribution in [3.05, 3.63) is 35.2 Å². The minimum Gasteiger partial charge on any atom is -0.333 e. The lowest BCUT2D eigenvalue weighted by atomic mass is 9.89. The van der Waals surface area contributed by atoms with E-state index in [1.165, 1.54) is 12.1 Å². The zero-order chi connectivity index (χ0) is 25.0. The summed E-state index contributed by atoms with van der Waals surface area (Å²) in [4.78, 5) is 32.0. The molecular formula is C22H22F5N5O3. The fraction of sp³-hybridized carbons (Fsp3) is 0.545. The van der Waals surface area contributed by atoms with Crippen LogP contribution in [-0.4, -0.2) is 63.0 Å². The number of amides is 3. The van der Waals surface area contributed by atoms with Gasteiger partial charge in [-0.1, -0.05) is 30.1 Å². The molecule has 1 aliphatic carbocycles. The number of nitrogens with one attached hydrogen (secondary N) is 1. The number of halogens is 5. The smallest absolute Gasteiger partial charge is 0.333 e. The zero-order valence-corrected chi connectivity index (χ0v) is 18.4. The maximum atomic E-state index is 13.5. The largest absolute Gasteiger partial charge is 0.471 e. The van der Waals surface area contributed by atoms with Crippen molar-refractivity contribution in [2.75, 3.05) is 13.1 Å². The van der Waals surface area contributed by atoms with Gasteiger partial charge in [0.25, 0.3) is 11.8 Å². The molecule has 3 aliphatic rings. The summed E-state index contributed by atoms with van der Waals surface area (Å²) in [6.45, 7) is -0.383. The van der Waals surface area contributed by atoms with Crippen LogP contribution in [0.2, 0.25) is 0 Å². The van der Waals surface area contributed by atoms with Crippen LogP contribution in [0.1, 0.15) is 53.9 Å². The van der Waals surface area contributed by atoms with Crippen molar-refractivity contribution in [3.63, 3.8) is 0 Å². The average Bonchev–Trinajstić information content (AvgIpc) is 3.51. The highest BCUT2D eigenvalue weighted by Gasteiger charge is 2.43. The fourth-order valence-electron chi connectivity index (χ4n) is 5.00. The number of carbonyl (C=O) groups is 2. The third-order valence-electron chi connectivity index (χ3n) is 6.76. The fourth-order valence-corrected chi connectivity index (χ4v) is 5.00. The van der Waals surface area contributed by atoms with E-state index in [9.17, 15) is 31.5 Å². The quantitative estimate of drug-likeness (QED) is 0.643. The van der Waals surface area contributed by atoms with Gasteiger partial charge in [0.2, 0.25) is 5.82 Å². The average molecular weight is 499 g/mol. The van der Waals surface area contributed by atoms with Crippen molar-refractivity contribution in [2.24, 2.45) is 0 Å². The van der Waals surface area contributed by atoms with Gasteiger partial charge in [-0.2, -0.15) is 18.2 Å². The van der Waals surface area contributed by atoms with Crippen molar-refractivity contribution in [3.8, 4) is 11.4 Å². The van der Waals surface area contributed by atoms with Gasteiger partial charge in [-0.25, -0.2) is 13.6 Å². The van der Waals surface area contributed by atoms with Crippen LogP contribution in [0.25, 0.3) is 11.4 Å². The van der Waals surface area contributed by atoms with Crippen molar-refractivity contribution in [1.82, 2.24) is 25.3 Å². The molecule has 1 saturated heterocycles. The lowest BCUT2D eigenvalue weighted by Crippen LogP contribution is -2.55. The van der Waals surface area contributed by atoms with Crippen LogP contribution >= 0.6 is 0 Å². The third kappa shape index (κ3) is 4.55. The third-order valence-corrected chi connectivity index (χ3v) is 6.76. The lowest BCUT2D eigenvalue weighted by molar-refractivity contribution is -0.159. The molecule has 1 saturated carbocycles. The van der Waals surface area contributed by atoms with Gasteiger partial charge in [0, 0.05) is 30.6 Å². The lowest BCUT2D eigenvalue weighted by Gasteiger charge is -2.38. The minimum atomic E-state index is -4.78. The van der Waals surface area contributed by atoms with Crippen molar-refractivity contribution >= 4 is 11.9 Å². The van der Waals surface area contributed by atoms with Gasteiger partial charge >= 0.3 is 18.1 Å². The molecule has 3 amide bonds. The molecule has 1 N–H and O–H groups in total. The Morgan fingerprint density at radius 1 is 1.20 bits per heavy atom. The monoisotopic (exact) mass is 499 g/mol. The van der Waals surface area contributed by atoms with Crippen LogP contribution in [0.5, 0.6) is 0 Å². The molecule has 2 aromatic rings. The zero-order valence-electron chi connectivity index (χ0n) is 18.4. The predicted molar refractivity (Wildman–Crippen MR) is 110 cm³/mol. The van der Waals surface area contributed by atoms with Crippen LogP contribution in [0, 0.1) is 0 Å². The van der Waals surface area contributed by atoms with E-state index in [-0.39, 0.29) is 42.8 Å². The number of alkyl halides is 5. The predicted octanol–water partition coefficient (Wildman–Crippen LogP) is 4.07. The highest BCUT2D eigenvalue weighted by molar-refractivity contribution is 5.99. The Morgan fingerprint density at radius 3 is 2.66 bits per heavy atom. The molecule has 8 nitrogen and oxygen atoms in total. The Kier molecular flexibility index (Phi) is 5.67. The molecule has 3 heterocycles. The van der Waals surface area contributed by atoms with Gasteiger partial charge in [0.05, 0.1) is 18.6 Å². The molecule has 0 bridgehead atoms. The maximum absolute atomic E-state index is 13.5. The number of carbonyl (C=O) groups excluding carboxylic acids is 2. The van der Waals surface area contributed by atoms with E-state index in [0.29, 0.717) is 24.0 Å². The maximum Gasteiger partial charge on any atom is 0.471 e. The van der Waals surface area contributed by atoms with E-state index in [0.717, 1.165) is 17.7 Å². The summed E-state index contributed by atoms with van der Waals surface area (Å²) < 4.78 is 69.7. The number of urea groups is 1. The van der Waals surface area contributed by atoms with Gasteiger partial charge in [-0.3, -0.25) is 4.79 Å². The van der Waals surface area contributed by atoms with Crippen LogP contribution in [-0.2, 0) is 12.7 Å². The first-order valence-electron chi connectivity index (χ1n) is 11.3. The van der Waals surface area contributed by atoms with Gasteiger partial charge in [0.15, 0.2) is 0 Å². The molecule has 188 valence electrons. The summed E-state index contributed by atoms with van der Waals surface area (Å²) in [7, 11) is 0. The minimum absolute atomic E-state index is 0.0286. The van der Waals surface area contributed by atoms with Gasteiger partial charge in [0.1, 0.15) is 0 Å². The molecule has 1 aromatic heterocycles. The first-order chi connectivity index (χ1) is 16.5. The molecular weight excluding hydrogens is 477 g/mol. The second-order valence-electron chi connectivity index (χ2n) is 9.16. The van der Waals surface area contributed by atoms with Crippen LogP contribution in [0.4, 0.5) is 26.7 Å². The second kappa shape index (κ2) is 8.45. The molecule has 5 rings (SSSR count). The Morgan fingerprint density at radius 2 is 1.97 bits per heavy atom. The van der Waals surface area contributed by atoms with E-state index in [1.54, 1.807) is 11.0 Å². The molecule has 35 heavy (non-hydrogen) atoms. The Bertz CT molecular complexity index is 1150. The number of fused-ring (bicyclic) bond motifs is 1. The second-order valence-corrected chi connectivity index (χ2v) is 9.16. The summed E-state index contributed by atoms with van der Waals surface area (Å²) in [6, 6.07) is 3.30. The standard InChI is InChI=1S/C22H22F5N5O3/c23-21(24)7-8-31(11-21)20(34)28-15-3-1-2-4-16(15)32-10-13-6-5-12(9-14(13)18(32)33)17-29-19(35-30-17)22(25,26)27/h5-6,9,15-16H,1-4,7-8,10-11H2,(H,28,34)/t15-,16-/m1/s1. The number of hydrogen-bond donors (Lipinski definition) is 1. The van der Waals surface area contributed by atoms with Crippen molar-refractivity contribution in [2.45, 2.75) is 62.8 Å². The van der Waals surface area contributed by atoms with Crippen molar-refractivity contribution < 1.29 is 36.1 Å². The Hall–Kier alpha value is -3.25. The normalized spacial score (nSPS) is 24.1. The molecule has 0 unspecified atom stereocenters. The summed E-state index contributed by atoms with van der Waals surface area (Å²) >= 11 is 0. The van der Waals surface area contributed by atoms with Gasteiger partial charge in [-0.15, -0.1) is 0 Å². The van der Waals surface area contributed by atoms with Gasteiger partial charge < -0.3 is 19.6 Å². The summed E-state index contributed by atoms with van der Waals surface area (Å²) in [5.74, 6) is -4.97. The summed E-state index contributed by atoms with van der Waals surface area (Å²) in [5.41, 5.74) is 1.21. The molecule has 1 aromatic carbocycles. The summed E-state index contributed by atoms with van der Waals surface area (Å²) in [6.07, 6.45) is -2.24. The number of hydrogen-bond acceptors (Lipinski definition) is 5. The van der Waals surface area contributed by atoms with Crippen LogP contribution in [0.15, 0.2) is 22.7 Å². The van der Waals surface area contributed by atoms with Gasteiger partial charge in [-0.05, 0) is 24.5 Å².